The number of hydrogen-bond donors (Lipinski definition) is 3. The fourth-order valence-corrected chi connectivity index (χ4v) is 3.98. The molecule has 0 aliphatic heterocycles. The average Bonchev–Trinajstić information content (AvgIpc) is 2.95. The molecular weight excluding hydrogens is 499 g/mol. The number of nitrogens with one attached hydrogen (secondary N) is 2. The third-order valence-electron chi connectivity index (χ3n) is 5.97. The number of carbonyl (C=O) groups excluding carboxylic acids is 1. The van der Waals surface area contributed by atoms with Crippen LogP contribution in [0, 0.1) is 17.1 Å². The molecule has 0 spiro atoms. The lowest BCUT2D eigenvalue weighted by Crippen LogP contribution is -2.29. The number of carboxylic acid groups (broad SMARTS) is 1. The molecule has 2 heterocycles. The van der Waals surface area contributed by atoms with Gasteiger partial charge >= 0.3 is 6.09 Å². The number of anilines is 2. The van der Waals surface area contributed by atoms with Gasteiger partial charge in [0.25, 0.3) is 5.91 Å². The van der Waals surface area contributed by atoms with Crippen molar-refractivity contribution in [3.63, 3.8) is 0 Å². The minimum atomic E-state index is -1.18. The Morgan fingerprint density at radius 3 is 2.67 bits per heavy atom. The first kappa shape index (κ1) is 26.8. The molecule has 0 atom stereocenters. The summed E-state index contributed by atoms with van der Waals surface area (Å²) >= 11 is 0. The normalized spacial score (nSPS) is 10.4. The van der Waals surface area contributed by atoms with E-state index in [9.17, 15) is 24.3 Å². The summed E-state index contributed by atoms with van der Waals surface area (Å²) in [6, 6.07) is 22.1. The number of rotatable bonds is 9. The summed E-state index contributed by atoms with van der Waals surface area (Å²) < 4.78 is 13.6. The molecule has 0 saturated carbocycles. The second-order valence-corrected chi connectivity index (χ2v) is 8.57. The number of nitriles is 1. The molecule has 0 saturated heterocycles. The quantitative estimate of drug-likeness (QED) is 0.285. The first-order valence-electron chi connectivity index (χ1n) is 12.0. The maximum absolute atomic E-state index is 13.6. The van der Waals surface area contributed by atoms with E-state index in [0.717, 1.165) is 10.5 Å². The number of pyridine rings is 2. The molecule has 39 heavy (non-hydrogen) atoms. The van der Waals surface area contributed by atoms with Crippen LogP contribution in [0.3, 0.4) is 0 Å². The standard InChI is InChI=1S/C29H25FN6O3/c1-36(29(38)39)27-21(8-5-14-33-27)18-34-28(37)24-11-12-25(23-10-3-2-7-20(23)17-31)35-26(24)32-15-13-19-6-4-9-22(30)16-19/h2-12,14,16H,13,15,18H2,1H3,(H,32,35)(H,34,37)(H,38,39). The minimum absolute atomic E-state index is 0.0291. The highest BCUT2D eigenvalue weighted by Gasteiger charge is 2.18. The maximum atomic E-state index is 13.6. The molecule has 9 nitrogen and oxygen atoms in total. The smallest absolute Gasteiger partial charge is 0.412 e. The van der Waals surface area contributed by atoms with Crippen LogP contribution in [0.15, 0.2) is 79.0 Å². The third-order valence-corrected chi connectivity index (χ3v) is 5.97. The van der Waals surface area contributed by atoms with Gasteiger partial charge in [-0.2, -0.15) is 5.26 Å². The Bertz CT molecular complexity index is 1550. The molecule has 2 amide bonds. The topological polar surface area (TPSA) is 131 Å². The lowest BCUT2D eigenvalue weighted by molar-refractivity contribution is 0.0951. The van der Waals surface area contributed by atoms with Gasteiger partial charge in [-0.15, -0.1) is 0 Å². The number of carbonyl (C=O) groups is 2. The first-order valence-corrected chi connectivity index (χ1v) is 12.0. The van der Waals surface area contributed by atoms with Crippen LogP contribution in [0.1, 0.15) is 27.0 Å². The SMILES string of the molecule is CN(C(=O)O)c1ncccc1CNC(=O)c1ccc(-c2ccccc2C#N)nc1NCCc1cccc(F)c1. The van der Waals surface area contributed by atoms with Gasteiger partial charge in [0.05, 0.1) is 22.9 Å². The second-order valence-electron chi connectivity index (χ2n) is 8.57. The van der Waals surface area contributed by atoms with Crippen LogP contribution in [0.2, 0.25) is 0 Å². The molecule has 0 unspecified atom stereocenters. The van der Waals surface area contributed by atoms with Crippen LogP contribution in [0.5, 0.6) is 0 Å². The van der Waals surface area contributed by atoms with Crippen LogP contribution in [0.4, 0.5) is 20.8 Å². The molecule has 4 rings (SSSR count). The predicted octanol–water partition coefficient (Wildman–Crippen LogP) is 4.85. The van der Waals surface area contributed by atoms with Crippen molar-refractivity contribution in [2.24, 2.45) is 0 Å². The number of aromatic nitrogens is 2. The van der Waals surface area contributed by atoms with Crippen molar-refractivity contribution in [3.8, 4) is 17.3 Å². The zero-order valence-corrected chi connectivity index (χ0v) is 21.1. The Labute approximate surface area is 224 Å². The zero-order valence-electron chi connectivity index (χ0n) is 21.1. The van der Waals surface area contributed by atoms with Gasteiger partial charge in [0.2, 0.25) is 0 Å². The molecular formula is C29H25FN6O3. The fourth-order valence-electron chi connectivity index (χ4n) is 3.98. The van der Waals surface area contributed by atoms with Crippen LogP contribution in [0.25, 0.3) is 11.3 Å². The molecule has 2 aromatic heterocycles. The number of halogens is 1. The van der Waals surface area contributed by atoms with E-state index in [1.165, 1.54) is 25.4 Å². The van der Waals surface area contributed by atoms with E-state index in [0.29, 0.717) is 41.2 Å². The van der Waals surface area contributed by atoms with Gasteiger partial charge < -0.3 is 15.7 Å². The van der Waals surface area contributed by atoms with Crippen molar-refractivity contribution >= 4 is 23.6 Å². The van der Waals surface area contributed by atoms with Crippen molar-refractivity contribution in [2.45, 2.75) is 13.0 Å². The van der Waals surface area contributed by atoms with Crippen molar-refractivity contribution < 1.29 is 19.1 Å². The molecule has 4 aromatic rings. The molecule has 3 N–H and O–H groups in total. The molecule has 196 valence electrons. The van der Waals surface area contributed by atoms with Crippen LogP contribution in [-0.4, -0.2) is 40.7 Å². The van der Waals surface area contributed by atoms with Crippen LogP contribution < -0.4 is 15.5 Å². The maximum Gasteiger partial charge on any atom is 0.412 e. The number of nitrogens with zero attached hydrogens (tertiary/aromatic N) is 4. The van der Waals surface area contributed by atoms with E-state index >= 15 is 0 Å². The Kier molecular flexibility index (Phi) is 8.43. The van der Waals surface area contributed by atoms with Gasteiger partial charge in [-0.1, -0.05) is 36.4 Å². The summed E-state index contributed by atoms with van der Waals surface area (Å²) in [6.45, 7) is 0.400. The Morgan fingerprint density at radius 1 is 1.08 bits per heavy atom. The van der Waals surface area contributed by atoms with E-state index in [1.807, 2.05) is 6.07 Å². The molecule has 10 heteroatoms. The lowest BCUT2D eigenvalue weighted by Gasteiger charge is -2.17. The van der Waals surface area contributed by atoms with E-state index < -0.39 is 12.0 Å². The summed E-state index contributed by atoms with van der Waals surface area (Å²) in [4.78, 5) is 34.4. The highest BCUT2D eigenvalue weighted by atomic mass is 19.1. The molecule has 0 radical (unpaired) electrons. The van der Waals surface area contributed by atoms with E-state index in [-0.39, 0.29) is 23.7 Å². The fraction of sp³-hybridized carbons (Fsp3) is 0.138. The molecule has 0 aliphatic rings. The van der Waals surface area contributed by atoms with Gasteiger partial charge in [0.1, 0.15) is 17.5 Å². The van der Waals surface area contributed by atoms with Gasteiger partial charge in [0.15, 0.2) is 0 Å². The van der Waals surface area contributed by atoms with Crippen molar-refractivity contribution in [1.29, 1.82) is 5.26 Å². The van der Waals surface area contributed by atoms with Gasteiger partial charge in [-0.25, -0.2) is 19.2 Å². The second kappa shape index (κ2) is 12.3. The minimum Gasteiger partial charge on any atom is -0.465 e. The van der Waals surface area contributed by atoms with E-state index in [1.54, 1.807) is 54.6 Å². The Hall–Kier alpha value is -5.30. The summed E-state index contributed by atoms with van der Waals surface area (Å²) in [7, 11) is 1.37. The highest BCUT2D eigenvalue weighted by molar-refractivity contribution is 5.99. The largest absolute Gasteiger partial charge is 0.465 e. The molecule has 0 fully saturated rings. The van der Waals surface area contributed by atoms with Gasteiger partial charge in [-0.3, -0.25) is 9.69 Å². The average molecular weight is 525 g/mol. The monoisotopic (exact) mass is 524 g/mol. The Balaban J connectivity index is 1.59. The van der Waals surface area contributed by atoms with Gasteiger partial charge in [0, 0.05) is 37.5 Å². The van der Waals surface area contributed by atoms with Crippen LogP contribution in [-0.2, 0) is 13.0 Å². The number of benzene rings is 2. The van der Waals surface area contributed by atoms with Crippen molar-refractivity contribution in [3.05, 3.63) is 107 Å². The predicted molar refractivity (Wildman–Crippen MR) is 145 cm³/mol. The Morgan fingerprint density at radius 2 is 1.90 bits per heavy atom. The summed E-state index contributed by atoms with van der Waals surface area (Å²) in [5.74, 6) is -0.267. The van der Waals surface area contributed by atoms with Crippen LogP contribution >= 0.6 is 0 Å². The van der Waals surface area contributed by atoms with E-state index in [2.05, 4.69) is 26.7 Å². The number of amides is 2. The zero-order chi connectivity index (χ0) is 27.8. The lowest BCUT2D eigenvalue weighted by atomic mass is 10.0. The highest BCUT2D eigenvalue weighted by Crippen LogP contribution is 2.25. The molecule has 2 aromatic carbocycles. The first-order chi connectivity index (χ1) is 18.9. The van der Waals surface area contributed by atoms with Crippen molar-refractivity contribution in [1.82, 2.24) is 15.3 Å². The number of hydrogen-bond acceptors (Lipinski definition) is 6. The van der Waals surface area contributed by atoms with Crippen molar-refractivity contribution in [2.75, 3.05) is 23.8 Å². The third kappa shape index (κ3) is 6.53. The molecule has 0 aliphatic carbocycles. The van der Waals surface area contributed by atoms with Gasteiger partial charge in [-0.05, 0) is 48.4 Å². The summed E-state index contributed by atoms with van der Waals surface area (Å²) in [5, 5.41) is 24.8. The summed E-state index contributed by atoms with van der Waals surface area (Å²) in [6.07, 6.45) is 0.784. The van der Waals surface area contributed by atoms with E-state index in [4.69, 9.17) is 0 Å². The summed E-state index contributed by atoms with van der Waals surface area (Å²) in [5.41, 5.74) is 3.13. The molecule has 0 bridgehead atoms.